The summed E-state index contributed by atoms with van der Waals surface area (Å²) in [5.41, 5.74) is -4.87. The summed E-state index contributed by atoms with van der Waals surface area (Å²) >= 11 is 0. The predicted octanol–water partition coefficient (Wildman–Crippen LogP) is 4.66. The number of halogens is 5. The van der Waals surface area contributed by atoms with Gasteiger partial charge in [-0.3, -0.25) is 14.5 Å². The monoisotopic (exact) mass is 631 g/mol. The second kappa shape index (κ2) is 12.7. The quantitative estimate of drug-likeness (QED) is 0.418. The van der Waals surface area contributed by atoms with Gasteiger partial charge in [-0.05, 0) is 56.2 Å². The minimum atomic E-state index is -4.65. The van der Waals surface area contributed by atoms with Gasteiger partial charge in [0.15, 0.2) is 5.67 Å². The zero-order chi connectivity index (χ0) is 31.9. The number of carboxylic acids is 1. The van der Waals surface area contributed by atoms with Gasteiger partial charge in [-0.25, -0.2) is 8.78 Å². The fraction of sp³-hybridized carbons (Fsp3) is 0.742. The van der Waals surface area contributed by atoms with E-state index < -0.39 is 59.9 Å². The molecule has 246 valence electrons. The molecule has 1 amide bonds. The molecule has 3 atom stereocenters. The molecule has 0 aromatic heterocycles. The number of carbonyl (C=O) groups is 2. The Kier molecular flexibility index (Phi) is 9.49. The van der Waals surface area contributed by atoms with Crippen LogP contribution in [0.1, 0.15) is 62.0 Å². The summed E-state index contributed by atoms with van der Waals surface area (Å²) in [6, 6.07) is 3.25. The third kappa shape index (κ3) is 6.55. The van der Waals surface area contributed by atoms with Crippen LogP contribution in [0.3, 0.4) is 0 Å². The van der Waals surface area contributed by atoms with Crippen molar-refractivity contribution in [1.29, 1.82) is 0 Å². The molecule has 5 rings (SSSR count). The first-order chi connectivity index (χ1) is 20.8. The lowest BCUT2D eigenvalue weighted by atomic mass is 9.84. The van der Waals surface area contributed by atoms with E-state index >= 15 is 8.78 Å². The van der Waals surface area contributed by atoms with E-state index in [4.69, 9.17) is 9.47 Å². The lowest BCUT2D eigenvalue weighted by molar-refractivity contribution is -0.143. The maximum Gasteiger partial charge on any atom is 0.416 e. The molecule has 1 aromatic rings. The van der Waals surface area contributed by atoms with Crippen LogP contribution in [-0.2, 0) is 25.2 Å². The first-order valence-corrected chi connectivity index (χ1v) is 15.4. The highest BCUT2D eigenvalue weighted by Crippen LogP contribution is 2.46. The highest BCUT2D eigenvalue weighted by Gasteiger charge is 2.56. The SMILES string of the molecule is COC[C@@]1(F)CN(C(=O)[C@@]2(F)CCN(C3CCC(OC)CC3)C2)C[C@@H]1c1ccc(C(F)(F)F)cc1N1CCC(C(=O)O)CC1. The normalized spacial score (nSPS) is 32.4. The van der Waals surface area contributed by atoms with Crippen LogP contribution in [0.25, 0.3) is 0 Å². The van der Waals surface area contributed by atoms with Gasteiger partial charge in [-0.2, -0.15) is 13.2 Å². The van der Waals surface area contributed by atoms with Gasteiger partial charge in [0.1, 0.15) is 0 Å². The first kappa shape index (κ1) is 32.9. The summed E-state index contributed by atoms with van der Waals surface area (Å²) in [4.78, 5) is 30.0. The molecule has 1 saturated carbocycles. The largest absolute Gasteiger partial charge is 0.481 e. The van der Waals surface area contributed by atoms with E-state index in [9.17, 15) is 27.9 Å². The Morgan fingerprint density at radius 2 is 1.68 bits per heavy atom. The molecule has 1 aliphatic carbocycles. The molecule has 0 radical (unpaired) electrons. The number of alkyl halides is 5. The topological polar surface area (TPSA) is 82.6 Å². The van der Waals surface area contributed by atoms with Crippen molar-refractivity contribution in [2.24, 2.45) is 5.92 Å². The standard InChI is InChI=1S/C31H42F5N3O5/c1-43-19-30(33)18-39(28(42)29(32)11-14-38(17-29)22-4-6-23(44-2)7-5-22)16-25(30)24-8-3-21(31(34,35)36)15-26(24)37-12-9-20(10-13-37)27(40)41/h3,8,15,20,22-23,25H,4-7,9-14,16-19H2,1-2H3,(H,40,41)/t22?,23?,25-,29-,30+/m1/s1. The first-order valence-electron chi connectivity index (χ1n) is 15.4. The molecule has 0 bridgehead atoms. The number of aliphatic carboxylic acids is 1. The second-order valence-electron chi connectivity index (χ2n) is 12.9. The number of carboxylic acid groups (broad SMARTS) is 1. The highest BCUT2D eigenvalue weighted by atomic mass is 19.4. The van der Waals surface area contributed by atoms with E-state index in [1.54, 1.807) is 12.0 Å². The number of anilines is 1. The van der Waals surface area contributed by atoms with Gasteiger partial charge < -0.3 is 24.4 Å². The molecule has 1 N–H and O–H groups in total. The maximum absolute atomic E-state index is 16.8. The summed E-state index contributed by atoms with van der Waals surface area (Å²) in [7, 11) is 2.98. The molecule has 8 nitrogen and oxygen atoms in total. The minimum Gasteiger partial charge on any atom is -0.481 e. The highest BCUT2D eigenvalue weighted by molar-refractivity contribution is 5.86. The average molecular weight is 632 g/mol. The van der Waals surface area contributed by atoms with E-state index in [0.29, 0.717) is 6.54 Å². The van der Waals surface area contributed by atoms with E-state index in [1.165, 1.54) is 18.1 Å². The third-order valence-electron chi connectivity index (χ3n) is 10.2. The van der Waals surface area contributed by atoms with Crippen molar-refractivity contribution < 1.29 is 46.1 Å². The van der Waals surface area contributed by atoms with Gasteiger partial charge in [0, 0.05) is 71.0 Å². The van der Waals surface area contributed by atoms with Gasteiger partial charge in [0.2, 0.25) is 5.67 Å². The van der Waals surface area contributed by atoms with E-state index in [-0.39, 0.29) is 68.8 Å². The number of methoxy groups -OCH3 is 2. The van der Waals surface area contributed by atoms with Gasteiger partial charge in [0.05, 0.1) is 30.7 Å². The maximum atomic E-state index is 16.8. The number of nitrogens with zero attached hydrogens (tertiary/aromatic N) is 3. The number of carbonyl (C=O) groups excluding carboxylic acids is 1. The number of hydrogen-bond donors (Lipinski definition) is 1. The van der Waals surface area contributed by atoms with Crippen LogP contribution in [0.15, 0.2) is 18.2 Å². The van der Waals surface area contributed by atoms with Crippen molar-refractivity contribution in [2.45, 2.75) is 80.5 Å². The van der Waals surface area contributed by atoms with E-state index in [1.807, 2.05) is 4.90 Å². The van der Waals surface area contributed by atoms with Crippen LogP contribution < -0.4 is 4.90 Å². The predicted molar refractivity (Wildman–Crippen MR) is 152 cm³/mol. The van der Waals surface area contributed by atoms with Crippen LogP contribution >= 0.6 is 0 Å². The van der Waals surface area contributed by atoms with Gasteiger partial charge in [0.25, 0.3) is 5.91 Å². The molecule has 3 saturated heterocycles. The molecule has 3 heterocycles. The van der Waals surface area contributed by atoms with Gasteiger partial charge >= 0.3 is 12.1 Å². The van der Waals surface area contributed by atoms with Crippen LogP contribution in [0.4, 0.5) is 27.6 Å². The number of hydrogen-bond acceptors (Lipinski definition) is 6. The number of rotatable bonds is 8. The number of likely N-dealkylation sites (tertiary alicyclic amines) is 2. The molecule has 13 heteroatoms. The van der Waals surface area contributed by atoms with Crippen LogP contribution in [-0.4, -0.2) is 110 Å². The summed E-state index contributed by atoms with van der Waals surface area (Å²) in [6.07, 6.45) is -0.601. The molecule has 0 spiro atoms. The third-order valence-corrected chi connectivity index (χ3v) is 10.2. The number of benzene rings is 1. The van der Waals surface area contributed by atoms with E-state index in [0.717, 1.165) is 37.8 Å². The Bertz CT molecular complexity index is 1200. The van der Waals surface area contributed by atoms with Crippen molar-refractivity contribution in [3.8, 4) is 0 Å². The number of ether oxygens (including phenoxy) is 2. The Hall–Kier alpha value is -2.51. The summed E-state index contributed by atoms with van der Waals surface area (Å²) in [5.74, 6) is -3.46. The Labute approximate surface area is 254 Å². The Morgan fingerprint density at radius 1 is 1.00 bits per heavy atom. The van der Waals surface area contributed by atoms with Gasteiger partial charge in [-0.1, -0.05) is 6.07 Å². The molecular formula is C31H42F5N3O5. The minimum absolute atomic E-state index is 0.00911. The molecule has 1 aromatic carbocycles. The van der Waals surface area contributed by atoms with Crippen molar-refractivity contribution in [1.82, 2.24) is 9.80 Å². The average Bonchev–Trinajstić information content (AvgIpc) is 3.57. The van der Waals surface area contributed by atoms with Crippen LogP contribution in [0.2, 0.25) is 0 Å². The molecular weight excluding hydrogens is 589 g/mol. The molecule has 0 unspecified atom stereocenters. The second-order valence-corrected chi connectivity index (χ2v) is 12.9. The van der Waals surface area contributed by atoms with Crippen LogP contribution in [0.5, 0.6) is 0 Å². The lowest BCUT2D eigenvalue weighted by Crippen LogP contribution is -2.49. The van der Waals surface area contributed by atoms with E-state index in [2.05, 4.69) is 0 Å². The van der Waals surface area contributed by atoms with Crippen LogP contribution in [0, 0.1) is 5.92 Å². The molecule has 44 heavy (non-hydrogen) atoms. The van der Waals surface area contributed by atoms with Gasteiger partial charge in [-0.15, -0.1) is 0 Å². The smallest absolute Gasteiger partial charge is 0.416 e. The zero-order valence-electron chi connectivity index (χ0n) is 25.3. The molecule has 4 aliphatic rings. The summed E-state index contributed by atoms with van der Waals surface area (Å²) in [6.45, 7) is -0.403. The van der Waals surface area contributed by atoms with Crippen molar-refractivity contribution in [2.75, 3.05) is 65.0 Å². The summed E-state index contributed by atoms with van der Waals surface area (Å²) in [5, 5.41) is 9.40. The lowest BCUT2D eigenvalue weighted by Gasteiger charge is -2.36. The fourth-order valence-electron chi connectivity index (χ4n) is 7.67. The summed E-state index contributed by atoms with van der Waals surface area (Å²) < 4.78 is 85.1. The molecule has 4 fully saturated rings. The Morgan fingerprint density at radius 3 is 2.27 bits per heavy atom. The number of amides is 1. The molecule has 3 aliphatic heterocycles. The Balaban J connectivity index is 1.39. The van der Waals surface area contributed by atoms with Crippen molar-refractivity contribution >= 4 is 17.6 Å². The number of piperidine rings is 1. The fourth-order valence-corrected chi connectivity index (χ4v) is 7.67. The van der Waals surface area contributed by atoms with Crippen molar-refractivity contribution in [3.05, 3.63) is 29.3 Å². The van der Waals surface area contributed by atoms with Crippen molar-refractivity contribution in [3.63, 3.8) is 0 Å². The zero-order valence-corrected chi connectivity index (χ0v) is 25.3.